The number of aryl methyl sites for hydroxylation is 2. The molecule has 13 nitrogen and oxygen atoms in total. The van der Waals surface area contributed by atoms with Gasteiger partial charge >= 0.3 is 5.97 Å². The summed E-state index contributed by atoms with van der Waals surface area (Å²) in [4.78, 5) is 56.4. The minimum absolute atomic E-state index is 0.0861. The van der Waals surface area contributed by atoms with Crippen LogP contribution in [0, 0.1) is 17.3 Å². The number of hydrazine groups is 1. The molecule has 2 saturated heterocycles. The second-order valence-electron chi connectivity index (χ2n) is 18.4. The number of carbonyl (C=O) groups is 3. The molecule has 4 aliphatic heterocycles. The lowest BCUT2D eigenvalue weighted by Gasteiger charge is -2.35. The molecule has 2 N–H and O–H groups in total. The molecule has 1 aromatic carbocycles. The lowest BCUT2D eigenvalue weighted by Crippen LogP contribution is -2.60. The van der Waals surface area contributed by atoms with Gasteiger partial charge in [-0.1, -0.05) is 20.8 Å². The smallest absolute Gasteiger partial charge is 0.324 e. The van der Waals surface area contributed by atoms with Gasteiger partial charge in [0.25, 0.3) is 5.91 Å². The monoisotopic (exact) mass is 822 g/mol. The Bertz CT molecular complexity index is 2280. The third-order valence-corrected chi connectivity index (χ3v) is 14.1. The van der Waals surface area contributed by atoms with E-state index in [-0.39, 0.29) is 42.8 Å². The van der Waals surface area contributed by atoms with Gasteiger partial charge in [-0.05, 0) is 87.7 Å². The maximum atomic E-state index is 14.2. The molecular formula is C45H58N8O5S. The number of likely N-dealkylation sites (N-methyl/N-ethyl adjacent to an activating group) is 1. The number of nitrogens with one attached hydrogen (secondary N) is 2. The van der Waals surface area contributed by atoms with Crippen molar-refractivity contribution in [2.24, 2.45) is 17.3 Å². The number of anilines is 1. The topological polar surface area (TPSA) is 134 Å². The molecule has 3 aromatic heterocycles. The summed E-state index contributed by atoms with van der Waals surface area (Å²) in [5.41, 5.74) is 12.6. The maximum absolute atomic E-state index is 14.2. The molecule has 314 valence electrons. The van der Waals surface area contributed by atoms with Crippen molar-refractivity contribution in [2.75, 3.05) is 58.4 Å². The van der Waals surface area contributed by atoms with Crippen LogP contribution in [0.4, 0.5) is 5.69 Å². The van der Waals surface area contributed by atoms with Crippen LogP contribution in [-0.4, -0.2) is 108 Å². The average Bonchev–Trinajstić information content (AvgIpc) is 3.66. The normalized spacial score (nSPS) is 25.4. The molecule has 4 aromatic rings. The zero-order valence-corrected chi connectivity index (χ0v) is 36.1. The first-order chi connectivity index (χ1) is 28.4. The number of benzene rings is 1. The first-order valence-electron chi connectivity index (χ1n) is 21.5. The summed E-state index contributed by atoms with van der Waals surface area (Å²) in [6.07, 6.45) is 6.62. The van der Waals surface area contributed by atoms with Gasteiger partial charge in [-0.2, -0.15) is 0 Å². The SMILES string of the molecule is CO[C@@H](C)c1ncc(N2CCN(C)CC2)cc1-c1c2c3cc(cc4c3n1CCC4)-c1csc(n1)C[C@H](NC(=O)[C@H]1C[C@@H]1C)C(=O)N1CCC[C@H](N1)C(=O)OCC(C)(C)C2. The second kappa shape index (κ2) is 15.9. The van der Waals surface area contributed by atoms with Crippen molar-refractivity contribution >= 4 is 45.7 Å². The van der Waals surface area contributed by atoms with Crippen LogP contribution in [0.3, 0.4) is 0 Å². The molecule has 7 heterocycles. The fourth-order valence-electron chi connectivity index (χ4n) is 9.53. The quantitative estimate of drug-likeness (QED) is 0.239. The highest BCUT2D eigenvalue weighted by Gasteiger charge is 2.42. The number of thiazole rings is 1. The van der Waals surface area contributed by atoms with Crippen molar-refractivity contribution in [1.29, 1.82) is 0 Å². The Morgan fingerprint density at radius 3 is 2.66 bits per heavy atom. The van der Waals surface area contributed by atoms with Crippen LogP contribution >= 0.6 is 11.3 Å². The molecule has 3 fully saturated rings. The highest BCUT2D eigenvalue weighted by molar-refractivity contribution is 7.10. The third kappa shape index (κ3) is 7.89. The van der Waals surface area contributed by atoms with Crippen LogP contribution in [0.5, 0.6) is 0 Å². The van der Waals surface area contributed by atoms with Gasteiger partial charge in [0.1, 0.15) is 12.1 Å². The molecule has 0 radical (unpaired) electrons. The number of esters is 1. The number of aromatic nitrogens is 3. The first kappa shape index (κ1) is 40.1. The number of piperazine rings is 1. The van der Waals surface area contributed by atoms with Crippen molar-refractivity contribution in [1.82, 2.24) is 35.2 Å². The Morgan fingerprint density at radius 1 is 1.10 bits per heavy atom. The highest BCUT2D eigenvalue weighted by atomic mass is 32.1. The summed E-state index contributed by atoms with van der Waals surface area (Å²) in [5, 5.41) is 8.62. The van der Waals surface area contributed by atoms with E-state index in [9.17, 15) is 14.4 Å². The number of pyridine rings is 1. The molecular weight excluding hydrogens is 765 g/mol. The number of amides is 2. The van der Waals surface area contributed by atoms with Crippen molar-refractivity contribution in [2.45, 2.75) is 97.4 Å². The van der Waals surface area contributed by atoms with Gasteiger partial charge in [-0.25, -0.2) is 10.4 Å². The predicted molar refractivity (Wildman–Crippen MR) is 229 cm³/mol. The van der Waals surface area contributed by atoms with Crippen molar-refractivity contribution in [3.05, 3.63) is 51.6 Å². The summed E-state index contributed by atoms with van der Waals surface area (Å²) < 4.78 is 14.7. The summed E-state index contributed by atoms with van der Waals surface area (Å²) in [6, 6.07) is 5.43. The van der Waals surface area contributed by atoms with E-state index in [1.165, 1.54) is 38.4 Å². The lowest BCUT2D eigenvalue weighted by molar-refractivity contribution is -0.155. The molecule has 5 atom stereocenters. The van der Waals surface area contributed by atoms with Gasteiger partial charge in [-0.3, -0.25) is 24.4 Å². The van der Waals surface area contributed by atoms with Gasteiger partial charge in [0.15, 0.2) is 0 Å². The number of hydrogen-bond acceptors (Lipinski definition) is 11. The van der Waals surface area contributed by atoms with Crippen LogP contribution in [-0.2, 0) is 49.7 Å². The number of cyclic esters (lactones) is 1. The Balaban J connectivity index is 1.19. The van der Waals surface area contributed by atoms with Crippen LogP contribution in [0.15, 0.2) is 29.8 Å². The maximum Gasteiger partial charge on any atom is 0.324 e. The number of hydrogen-bond donors (Lipinski definition) is 2. The largest absolute Gasteiger partial charge is 0.464 e. The standard InChI is InChI=1S/C45H58N8O5S/c1-26-17-31(26)42(54)48-36-21-38-47-37(24-59-38)29-18-28-9-7-11-52-40(28)32(19-29)34(22-45(3,4)25-58-44(56)35-10-8-12-53(49-35)43(36)55)41(52)33-20-30(23-46-39(33)27(2)57-6)51-15-13-50(5)14-16-51/h18-20,23-24,26-27,31,35-36,49H,7-17,21-22,25H2,1-6H3,(H,48,54)/t26-,27-,31-,35-,36-/m0/s1. The molecule has 59 heavy (non-hydrogen) atoms. The fraction of sp³-hybridized carbons (Fsp3) is 0.578. The molecule has 0 unspecified atom stereocenters. The zero-order chi connectivity index (χ0) is 41.2. The summed E-state index contributed by atoms with van der Waals surface area (Å²) in [5.74, 6) is -0.526. The van der Waals surface area contributed by atoms with Crippen molar-refractivity contribution in [3.63, 3.8) is 0 Å². The number of fused-ring (bicyclic) bond motifs is 6. The zero-order valence-electron chi connectivity index (χ0n) is 35.3. The minimum atomic E-state index is -0.819. The van der Waals surface area contributed by atoms with E-state index in [4.69, 9.17) is 19.4 Å². The van der Waals surface area contributed by atoms with E-state index in [0.717, 1.165) is 90.9 Å². The highest BCUT2D eigenvalue weighted by Crippen LogP contribution is 2.46. The Hall–Kier alpha value is -4.37. The second-order valence-corrected chi connectivity index (χ2v) is 19.3. The summed E-state index contributed by atoms with van der Waals surface area (Å²) >= 11 is 1.52. The Kier molecular flexibility index (Phi) is 10.8. The third-order valence-electron chi connectivity index (χ3n) is 13.2. The van der Waals surface area contributed by atoms with Gasteiger partial charge in [0.05, 0.1) is 52.2 Å². The molecule has 1 aliphatic carbocycles. The van der Waals surface area contributed by atoms with E-state index in [0.29, 0.717) is 31.7 Å². The van der Waals surface area contributed by atoms with E-state index in [1.807, 2.05) is 6.20 Å². The molecule has 0 spiro atoms. The Morgan fingerprint density at radius 2 is 1.90 bits per heavy atom. The van der Waals surface area contributed by atoms with Crippen LogP contribution in [0.1, 0.15) is 81.3 Å². The van der Waals surface area contributed by atoms with Gasteiger partial charge in [0.2, 0.25) is 5.91 Å². The van der Waals surface area contributed by atoms with Crippen LogP contribution in [0.2, 0.25) is 0 Å². The number of nitrogens with zero attached hydrogens (tertiary/aromatic N) is 6. The van der Waals surface area contributed by atoms with E-state index in [2.05, 4.69) is 83.4 Å². The molecule has 6 bridgehead atoms. The molecule has 5 aliphatic rings. The average molecular weight is 823 g/mol. The molecule has 2 amide bonds. The molecule has 14 heteroatoms. The number of ether oxygens (including phenoxy) is 2. The van der Waals surface area contributed by atoms with Gasteiger partial charge < -0.3 is 29.2 Å². The van der Waals surface area contributed by atoms with E-state index in [1.54, 1.807) is 7.11 Å². The van der Waals surface area contributed by atoms with Crippen LogP contribution in [0.25, 0.3) is 33.4 Å². The predicted octanol–water partition coefficient (Wildman–Crippen LogP) is 5.54. The summed E-state index contributed by atoms with van der Waals surface area (Å²) in [7, 11) is 3.92. The van der Waals surface area contributed by atoms with Crippen molar-refractivity contribution in [3.8, 4) is 22.5 Å². The van der Waals surface area contributed by atoms with Gasteiger partial charge in [-0.15, -0.1) is 11.3 Å². The van der Waals surface area contributed by atoms with E-state index >= 15 is 0 Å². The van der Waals surface area contributed by atoms with E-state index < -0.39 is 17.5 Å². The first-order valence-corrected chi connectivity index (χ1v) is 22.4. The van der Waals surface area contributed by atoms with Crippen LogP contribution < -0.4 is 15.6 Å². The fourth-order valence-corrected chi connectivity index (χ4v) is 10.4. The Labute approximate surface area is 350 Å². The summed E-state index contributed by atoms with van der Waals surface area (Å²) in [6.45, 7) is 13.8. The number of carbonyl (C=O) groups excluding carboxylic acids is 3. The van der Waals surface area contributed by atoms with Crippen molar-refractivity contribution < 1.29 is 23.9 Å². The van der Waals surface area contributed by atoms with Gasteiger partial charge in [0, 0.05) is 86.0 Å². The number of rotatable bonds is 6. The lowest BCUT2D eigenvalue weighted by atomic mass is 9.84. The minimum Gasteiger partial charge on any atom is -0.464 e. The number of methoxy groups -OCH3 is 1. The molecule has 1 saturated carbocycles. The molecule has 9 rings (SSSR count).